The van der Waals surface area contributed by atoms with Gasteiger partial charge in [-0.2, -0.15) is 0 Å². The van der Waals surface area contributed by atoms with Crippen LogP contribution in [0.5, 0.6) is 0 Å². The number of likely N-dealkylation sites (N-methyl/N-ethyl adjacent to an activating group) is 1. The molecule has 1 rings (SSSR count). The summed E-state index contributed by atoms with van der Waals surface area (Å²) in [6.45, 7) is 7.27. The van der Waals surface area contributed by atoms with Crippen molar-refractivity contribution in [2.75, 3.05) is 52.9 Å². The second-order valence-electron chi connectivity index (χ2n) is 5.09. The molecule has 1 aliphatic rings. The summed E-state index contributed by atoms with van der Waals surface area (Å²) in [6.07, 6.45) is 3.59. The first-order chi connectivity index (χ1) is 8.72. The maximum absolute atomic E-state index is 11.3. The van der Waals surface area contributed by atoms with Crippen molar-refractivity contribution < 1.29 is 4.79 Å². The Labute approximate surface area is 111 Å². The SMILES string of the molecule is CN1CCN(CCCCNC(=O)CCCN)CC1. The summed E-state index contributed by atoms with van der Waals surface area (Å²) in [5.74, 6) is 0.139. The van der Waals surface area contributed by atoms with Crippen molar-refractivity contribution >= 4 is 5.91 Å². The third-order valence-electron chi connectivity index (χ3n) is 3.43. The Morgan fingerprint density at radius 1 is 1.17 bits per heavy atom. The summed E-state index contributed by atoms with van der Waals surface area (Å²) in [7, 11) is 2.17. The van der Waals surface area contributed by atoms with Crippen LogP contribution in [0.15, 0.2) is 0 Å². The zero-order valence-corrected chi connectivity index (χ0v) is 11.7. The molecule has 5 heteroatoms. The van der Waals surface area contributed by atoms with Crippen LogP contribution in [0.2, 0.25) is 0 Å². The van der Waals surface area contributed by atoms with Crippen LogP contribution in [0.3, 0.4) is 0 Å². The highest BCUT2D eigenvalue weighted by molar-refractivity contribution is 5.75. The Balaban J connectivity index is 1.90. The minimum absolute atomic E-state index is 0.139. The topological polar surface area (TPSA) is 61.6 Å². The number of unbranched alkanes of at least 4 members (excludes halogenated alkanes) is 1. The maximum Gasteiger partial charge on any atom is 0.220 e. The van der Waals surface area contributed by atoms with Crippen LogP contribution >= 0.6 is 0 Å². The van der Waals surface area contributed by atoms with Crippen LogP contribution in [0, 0.1) is 0 Å². The van der Waals surface area contributed by atoms with E-state index in [4.69, 9.17) is 5.73 Å². The molecular formula is C13H28N4O. The number of piperazine rings is 1. The van der Waals surface area contributed by atoms with Crippen molar-refractivity contribution in [1.29, 1.82) is 0 Å². The quantitative estimate of drug-likeness (QED) is 0.594. The molecule has 1 amide bonds. The molecule has 1 fully saturated rings. The lowest BCUT2D eigenvalue weighted by molar-refractivity contribution is -0.121. The van der Waals surface area contributed by atoms with E-state index in [9.17, 15) is 4.79 Å². The summed E-state index contributed by atoms with van der Waals surface area (Å²) in [5.41, 5.74) is 5.36. The predicted octanol–water partition coefficient (Wildman–Crippen LogP) is -0.131. The number of nitrogens with two attached hydrogens (primary N) is 1. The van der Waals surface area contributed by atoms with Gasteiger partial charge in [0.1, 0.15) is 0 Å². The Morgan fingerprint density at radius 3 is 2.56 bits per heavy atom. The molecule has 18 heavy (non-hydrogen) atoms. The van der Waals surface area contributed by atoms with Crippen LogP contribution in [0.4, 0.5) is 0 Å². The number of carbonyl (C=O) groups excluding carboxylic acids is 1. The van der Waals surface area contributed by atoms with Gasteiger partial charge in [0.2, 0.25) is 5.91 Å². The summed E-state index contributed by atoms with van der Waals surface area (Å²) in [5, 5.41) is 2.94. The van der Waals surface area contributed by atoms with E-state index in [0.29, 0.717) is 13.0 Å². The van der Waals surface area contributed by atoms with E-state index in [2.05, 4.69) is 22.2 Å². The Hall–Kier alpha value is -0.650. The second-order valence-corrected chi connectivity index (χ2v) is 5.09. The van der Waals surface area contributed by atoms with E-state index in [0.717, 1.165) is 25.9 Å². The lowest BCUT2D eigenvalue weighted by Crippen LogP contribution is -2.44. The molecule has 0 radical (unpaired) electrons. The van der Waals surface area contributed by atoms with Gasteiger partial charge in [-0.3, -0.25) is 4.79 Å². The summed E-state index contributed by atoms with van der Waals surface area (Å²) >= 11 is 0. The molecule has 0 unspecified atom stereocenters. The molecule has 0 aliphatic carbocycles. The van der Waals surface area contributed by atoms with E-state index in [1.54, 1.807) is 0 Å². The van der Waals surface area contributed by atoms with Crippen molar-refractivity contribution in [3.8, 4) is 0 Å². The predicted molar refractivity (Wildman–Crippen MR) is 74.5 cm³/mol. The van der Waals surface area contributed by atoms with Gasteiger partial charge in [0.15, 0.2) is 0 Å². The highest BCUT2D eigenvalue weighted by Crippen LogP contribution is 2.01. The Morgan fingerprint density at radius 2 is 1.89 bits per heavy atom. The molecule has 1 aliphatic heterocycles. The number of nitrogens with one attached hydrogen (secondary N) is 1. The van der Waals surface area contributed by atoms with Gasteiger partial charge in [-0.1, -0.05) is 0 Å². The summed E-state index contributed by atoms with van der Waals surface area (Å²) < 4.78 is 0. The van der Waals surface area contributed by atoms with E-state index >= 15 is 0 Å². The smallest absolute Gasteiger partial charge is 0.220 e. The van der Waals surface area contributed by atoms with Crippen LogP contribution in [0.25, 0.3) is 0 Å². The normalized spacial score (nSPS) is 17.9. The molecule has 0 aromatic rings. The van der Waals surface area contributed by atoms with Crippen molar-refractivity contribution in [2.45, 2.75) is 25.7 Å². The van der Waals surface area contributed by atoms with Gasteiger partial charge in [-0.15, -0.1) is 0 Å². The van der Waals surface area contributed by atoms with Crippen molar-refractivity contribution in [1.82, 2.24) is 15.1 Å². The summed E-state index contributed by atoms with van der Waals surface area (Å²) in [4.78, 5) is 16.2. The van der Waals surface area contributed by atoms with Crippen LogP contribution in [-0.4, -0.2) is 68.6 Å². The number of carbonyl (C=O) groups is 1. The number of rotatable bonds is 8. The van der Waals surface area contributed by atoms with Crippen LogP contribution < -0.4 is 11.1 Å². The zero-order valence-electron chi connectivity index (χ0n) is 11.7. The maximum atomic E-state index is 11.3. The van der Waals surface area contributed by atoms with E-state index in [1.807, 2.05) is 0 Å². The molecule has 0 spiro atoms. The van der Waals surface area contributed by atoms with Crippen molar-refractivity contribution in [3.05, 3.63) is 0 Å². The standard InChI is InChI=1S/C13H28N4O/c1-16-9-11-17(12-10-16)8-3-2-7-15-13(18)5-4-6-14/h2-12,14H2,1H3,(H,15,18). The highest BCUT2D eigenvalue weighted by atomic mass is 16.1. The Kier molecular flexibility index (Phi) is 7.96. The average Bonchev–Trinajstić information content (AvgIpc) is 2.38. The fourth-order valence-electron chi connectivity index (χ4n) is 2.11. The molecule has 1 heterocycles. The molecule has 0 aromatic heterocycles. The van der Waals surface area contributed by atoms with E-state index in [-0.39, 0.29) is 5.91 Å². The summed E-state index contributed by atoms with van der Waals surface area (Å²) in [6, 6.07) is 0. The molecule has 3 N–H and O–H groups in total. The number of hydrogen-bond acceptors (Lipinski definition) is 4. The largest absolute Gasteiger partial charge is 0.356 e. The molecule has 0 saturated carbocycles. The van der Waals surface area contributed by atoms with Crippen molar-refractivity contribution in [2.24, 2.45) is 5.73 Å². The first-order valence-electron chi connectivity index (χ1n) is 7.10. The zero-order chi connectivity index (χ0) is 13.2. The second kappa shape index (κ2) is 9.30. The number of hydrogen-bond donors (Lipinski definition) is 2. The molecule has 0 bridgehead atoms. The van der Waals surface area contributed by atoms with Gasteiger partial charge >= 0.3 is 0 Å². The lowest BCUT2D eigenvalue weighted by Gasteiger charge is -2.32. The minimum Gasteiger partial charge on any atom is -0.356 e. The number of nitrogens with zero attached hydrogens (tertiary/aromatic N) is 2. The van der Waals surface area contributed by atoms with E-state index in [1.165, 1.54) is 32.6 Å². The lowest BCUT2D eigenvalue weighted by atomic mass is 10.2. The van der Waals surface area contributed by atoms with Crippen LogP contribution in [0.1, 0.15) is 25.7 Å². The van der Waals surface area contributed by atoms with Gasteiger partial charge in [0, 0.05) is 39.1 Å². The fraction of sp³-hybridized carbons (Fsp3) is 0.923. The average molecular weight is 256 g/mol. The molecule has 0 atom stereocenters. The van der Waals surface area contributed by atoms with E-state index < -0.39 is 0 Å². The van der Waals surface area contributed by atoms with Gasteiger partial charge in [0.25, 0.3) is 0 Å². The van der Waals surface area contributed by atoms with Crippen molar-refractivity contribution in [3.63, 3.8) is 0 Å². The molecule has 106 valence electrons. The third kappa shape index (κ3) is 6.93. The van der Waals surface area contributed by atoms with Gasteiger partial charge < -0.3 is 20.9 Å². The minimum atomic E-state index is 0.139. The fourth-order valence-corrected chi connectivity index (χ4v) is 2.11. The van der Waals surface area contributed by atoms with Gasteiger partial charge in [-0.05, 0) is 39.4 Å². The molecule has 1 saturated heterocycles. The van der Waals surface area contributed by atoms with Crippen LogP contribution in [-0.2, 0) is 4.79 Å². The highest BCUT2D eigenvalue weighted by Gasteiger charge is 2.12. The van der Waals surface area contributed by atoms with Gasteiger partial charge in [-0.25, -0.2) is 0 Å². The molecular weight excluding hydrogens is 228 g/mol. The third-order valence-corrected chi connectivity index (χ3v) is 3.43. The first kappa shape index (κ1) is 15.4. The molecule has 5 nitrogen and oxygen atoms in total. The first-order valence-corrected chi connectivity index (χ1v) is 7.10. The Bertz CT molecular complexity index is 227. The molecule has 0 aromatic carbocycles. The van der Waals surface area contributed by atoms with Gasteiger partial charge in [0.05, 0.1) is 0 Å². The monoisotopic (exact) mass is 256 g/mol. The number of amides is 1.